The fourth-order valence-corrected chi connectivity index (χ4v) is 3.69. The molecule has 0 radical (unpaired) electrons. The Morgan fingerprint density at radius 2 is 1.74 bits per heavy atom. The Morgan fingerprint density at radius 3 is 2.41 bits per heavy atom. The maximum atomic E-state index is 12.8. The third kappa shape index (κ3) is 2.84. The van der Waals surface area contributed by atoms with Crippen LogP contribution in [0.3, 0.4) is 0 Å². The second kappa shape index (κ2) is 6.35. The predicted octanol–water partition coefficient (Wildman–Crippen LogP) is 3.08. The predicted molar refractivity (Wildman–Crippen MR) is 103 cm³/mol. The summed E-state index contributed by atoms with van der Waals surface area (Å²) in [6.45, 7) is 2.58. The first-order valence-corrected chi connectivity index (χ1v) is 9.30. The molecule has 0 unspecified atom stereocenters. The van der Waals surface area contributed by atoms with Gasteiger partial charge in [-0.05, 0) is 37.1 Å². The van der Waals surface area contributed by atoms with Gasteiger partial charge in [-0.25, -0.2) is 14.6 Å². The van der Waals surface area contributed by atoms with Gasteiger partial charge < -0.3 is 9.80 Å². The van der Waals surface area contributed by atoms with E-state index in [1.807, 2.05) is 18.3 Å². The minimum absolute atomic E-state index is 0.117. The average Bonchev–Trinajstić information content (AvgIpc) is 3.41. The van der Waals surface area contributed by atoms with E-state index >= 15 is 0 Å². The molecule has 0 atom stereocenters. The van der Waals surface area contributed by atoms with Crippen molar-refractivity contribution >= 4 is 29.0 Å². The van der Waals surface area contributed by atoms with Crippen LogP contribution in [0.25, 0.3) is 5.82 Å². The van der Waals surface area contributed by atoms with Crippen LogP contribution in [0, 0.1) is 0 Å². The van der Waals surface area contributed by atoms with Gasteiger partial charge in [-0.2, -0.15) is 5.10 Å². The lowest BCUT2D eigenvalue weighted by atomic mass is 10.3. The Labute approximate surface area is 161 Å². The van der Waals surface area contributed by atoms with Crippen LogP contribution in [-0.4, -0.2) is 38.7 Å². The van der Waals surface area contributed by atoms with Crippen molar-refractivity contribution in [2.75, 3.05) is 22.9 Å². The van der Waals surface area contributed by atoms with Gasteiger partial charge in [0, 0.05) is 31.0 Å². The first kappa shape index (κ1) is 16.3. The van der Waals surface area contributed by atoms with E-state index in [1.54, 1.807) is 34.1 Å². The first-order chi connectivity index (χ1) is 13.2. The monoisotopic (exact) mass is 380 g/mol. The number of aromatic nitrogens is 4. The Balaban J connectivity index is 1.37. The molecular weight excluding hydrogens is 364 g/mol. The van der Waals surface area contributed by atoms with Gasteiger partial charge in [-0.1, -0.05) is 11.6 Å². The Bertz CT molecular complexity index is 992. The molecule has 0 N–H and O–H groups in total. The summed E-state index contributed by atoms with van der Waals surface area (Å²) in [5, 5.41) is 4.98. The molecule has 136 valence electrons. The normalized spacial score (nSPS) is 16.3. The fourth-order valence-electron chi connectivity index (χ4n) is 3.58. The number of carbonyl (C=O) groups excluding carboxylic acids is 1. The Hall–Kier alpha value is -2.93. The minimum atomic E-state index is -0.117. The number of hydrogen-bond donors (Lipinski definition) is 0. The van der Waals surface area contributed by atoms with Crippen molar-refractivity contribution in [2.24, 2.45) is 0 Å². The van der Waals surface area contributed by atoms with Gasteiger partial charge in [-0.3, -0.25) is 4.79 Å². The molecule has 3 aromatic heterocycles. The molecule has 2 aliphatic heterocycles. The number of halogens is 1. The number of pyridine rings is 2. The summed E-state index contributed by atoms with van der Waals surface area (Å²) in [6, 6.07) is 7.47. The molecular formula is C19H17ClN6O. The number of rotatable bonds is 3. The highest BCUT2D eigenvalue weighted by Gasteiger charge is 2.32. The highest BCUT2D eigenvalue weighted by molar-refractivity contribution is 6.30. The molecule has 0 saturated carbocycles. The smallest absolute Gasteiger partial charge is 0.279 e. The molecule has 1 amide bonds. The molecule has 3 aromatic rings. The van der Waals surface area contributed by atoms with Crippen molar-refractivity contribution in [1.29, 1.82) is 0 Å². The summed E-state index contributed by atoms with van der Waals surface area (Å²) in [7, 11) is 0. The van der Waals surface area contributed by atoms with Crippen molar-refractivity contribution in [1.82, 2.24) is 19.7 Å². The van der Waals surface area contributed by atoms with Gasteiger partial charge in [0.15, 0.2) is 11.5 Å². The zero-order chi connectivity index (χ0) is 18.4. The lowest BCUT2D eigenvalue weighted by Crippen LogP contribution is -2.25. The summed E-state index contributed by atoms with van der Waals surface area (Å²) < 4.78 is 1.62. The van der Waals surface area contributed by atoms with Crippen molar-refractivity contribution in [3.63, 3.8) is 0 Å². The summed E-state index contributed by atoms with van der Waals surface area (Å²) in [4.78, 5) is 25.6. The Morgan fingerprint density at radius 1 is 0.963 bits per heavy atom. The number of anilines is 2. The van der Waals surface area contributed by atoms with Crippen LogP contribution in [0.1, 0.15) is 28.9 Å². The summed E-state index contributed by atoms with van der Waals surface area (Å²) in [6.07, 6.45) is 7.59. The lowest BCUT2D eigenvalue weighted by Gasteiger charge is -2.19. The van der Waals surface area contributed by atoms with Crippen LogP contribution in [0.15, 0.2) is 42.9 Å². The van der Waals surface area contributed by atoms with E-state index in [1.165, 1.54) is 12.8 Å². The van der Waals surface area contributed by atoms with Crippen LogP contribution in [0.4, 0.5) is 11.5 Å². The molecule has 27 heavy (non-hydrogen) atoms. The third-order valence-corrected chi connectivity index (χ3v) is 5.21. The van der Waals surface area contributed by atoms with Gasteiger partial charge in [0.1, 0.15) is 5.82 Å². The van der Waals surface area contributed by atoms with Crippen LogP contribution in [-0.2, 0) is 6.54 Å². The summed E-state index contributed by atoms with van der Waals surface area (Å²) >= 11 is 5.87. The zero-order valence-electron chi connectivity index (χ0n) is 14.5. The van der Waals surface area contributed by atoms with E-state index in [9.17, 15) is 4.79 Å². The molecule has 0 aliphatic carbocycles. The number of hydrogen-bond acceptors (Lipinski definition) is 5. The molecule has 0 spiro atoms. The summed E-state index contributed by atoms with van der Waals surface area (Å²) in [5.74, 6) is 1.48. The average molecular weight is 381 g/mol. The highest BCUT2D eigenvalue weighted by atomic mass is 35.5. The van der Waals surface area contributed by atoms with Gasteiger partial charge in [-0.15, -0.1) is 0 Å². The maximum absolute atomic E-state index is 12.8. The van der Waals surface area contributed by atoms with Gasteiger partial charge >= 0.3 is 0 Å². The summed E-state index contributed by atoms with van der Waals surface area (Å²) in [5.41, 5.74) is 2.12. The first-order valence-electron chi connectivity index (χ1n) is 8.92. The number of nitrogens with zero attached hydrogens (tertiary/aromatic N) is 6. The largest absolute Gasteiger partial charge is 0.357 e. The van der Waals surface area contributed by atoms with Crippen LogP contribution in [0.2, 0.25) is 5.02 Å². The molecule has 7 nitrogen and oxygen atoms in total. The zero-order valence-corrected chi connectivity index (χ0v) is 15.3. The topological polar surface area (TPSA) is 67.2 Å². The van der Waals surface area contributed by atoms with E-state index in [4.69, 9.17) is 11.6 Å². The Kier molecular flexibility index (Phi) is 3.82. The SMILES string of the molecule is O=C1c2nn(-c3ccc(Cl)cn3)cc2CN1c1ccc(N2CCCC2)nc1. The van der Waals surface area contributed by atoms with Gasteiger partial charge in [0.05, 0.1) is 23.5 Å². The molecule has 1 fully saturated rings. The highest BCUT2D eigenvalue weighted by Crippen LogP contribution is 2.29. The lowest BCUT2D eigenvalue weighted by molar-refractivity contribution is 0.0991. The van der Waals surface area contributed by atoms with Crippen LogP contribution >= 0.6 is 11.6 Å². The number of amides is 1. The second-order valence-corrected chi connectivity index (χ2v) is 7.18. The molecule has 8 heteroatoms. The van der Waals surface area contributed by atoms with Gasteiger partial charge in [0.25, 0.3) is 5.91 Å². The van der Waals surface area contributed by atoms with E-state index < -0.39 is 0 Å². The molecule has 1 saturated heterocycles. The van der Waals surface area contributed by atoms with E-state index in [0.29, 0.717) is 23.1 Å². The molecule has 5 heterocycles. The van der Waals surface area contributed by atoms with E-state index in [-0.39, 0.29) is 5.91 Å². The van der Waals surface area contributed by atoms with Crippen LogP contribution in [0.5, 0.6) is 0 Å². The van der Waals surface area contributed by atoms with Crippen molar-refractivity contribution in [3.05, 3.63) is 59.1 Å². The minimum Gasteiger partial charge on any atom is -0.357 e. The maximum Gasteiger partial charge on any atom is 0.279 e. The van der Waals surface area contributed by atoms with Crippen molar-refractivity contribution in [2.45, 2.75) is 19.4 Å². The molecule has 0 aromatic carbocycles. The van der Waals surface area contributed by atoms with Crippen LogP contribution < -0.4 is 9.80 Å². The quantitative estimate of drug-likeness (QED) is 0.698. The molecule has 0 bridgehead atoms. The molecule has 2 aliphatic rings. The number of carbonyl (C=O) groups is 1. The molecule has 5 rings (SSSR count). The second-order valence-electron chi connectivity index (χ2n) is 6.74. The third-order valence-electron chi connectivity index (χ3n) is 4.99. The van der Waals surface area contributed by atoms with E-state index in [0.717, 1.165) is 30.2 Å². The van der Waals surface area contributed by atoms with E-state index in [2.05, 4.69) is 20.0 Å². The standard InChI is InChI=1S/C19H17ClN6O/c20-14-3-5-17(21-9-14)26-12-13-11-25(19(27)18(13)23-26)15-4-6-16(22-10-15)24-7-1-2-8-24/h3-6,9-10,12H,1-2,7-8,11H2. The fraction of sp³-hybridized carbons (Fsp3) is 0.263. The van der Waals surface area contributed by atoms with Gasteiger partial charge in [0.2, 0.25) is 0 Å². The van der Waals surface area contributed by atoms with Crippen molar-refractivity contribution < 1.29 is 4.79 Å². The number of fused-ring (bicyclic) bond motifs is 1. The van der Waals surface area contributed by atoms with Crippen molar-refractivity contribution in [3.8, 4) is 5.82 Å².